The fourth-order valence-corrected chi connectivity index (χ4v) is 2.31. The van der Waals surface area contributed by atoms with Crippen molar-refractivity contribution in [1.82, 2.24) is 0 Å². The second-order valence-electron chi connectivity index (χ2n) is 5.86. The van der Waals surface area contributed by atoms with Crippen molar-refractivity contribution in [3.8, 4) is 11.5 Å². The quantitative estimate of drug-likeness (QED) is 0.725. The molecular weight excluding hydrogens is 224 g/mol. The number of hydrogen-bond donors (Lipinski definition) is 2. The number of rotatable bonds is 6. The van der Waals surface area contributed by atoms with Crippen molar-refractivity contribution in [3.05, 3.63) is 23.8 Å². The van der Waals surface area contributed by atoms with Gasteiger partial charge in [-0.3, -0.25) is 0 Å². The van der Waals surface area contributed by atoms with E-state index >= 15 is 0 Å². The third-order valence-electron chi connectivity index (χ3n) is 4.12. The molecule has 18 heavy (non-hydrogen) atoms. The topological polar surface area (TPSA) is 40.5 Å². The number of phenolic OH excluding ortho intramolecular Hbond substituents is 2. The molecule has 0 amide bonds. The number of unbranched alkanes of at least 4 members (excludes halogenated alkanes) is 2. The van der Waals surface area contributed by atoms with Gasteiger partial charge >= 0.3 is 0 Å². The molecule has 0 radical (unpaired) electrons. The molecule has 0 bridgehead atoms. The van der Waals surface area contributed by atoms with Gasteiger partial charge < -0.3 is 10.2 Å². The first-order chi connectivity index (χ1) is 8.37. The van der Waals surface area contributed by atoms with Crippen LogP contribution in [0.2, 0.25) is 0 Å². The zero-order chi connectivity index (χ0) is 13.8. The van der Waals surface area contributed by atoms with Crippen LogP contribution in [-0.2, 0) is 5.41 Å². The maximum atomic E-state index is 9.59. The van der Waals surface area contributed by atoms with Gasteiger partial charge in [0.1, 0.15) is 11.5 Å². The Bertz CT molecular complexity index is 362. The van der Waals surface area contributed by atoms with E-state index in [-0.39, 0.29) is 16.9 Å². The van der Waals surface area contributed by atoms with Crippen LogP contribution in [0.15, 0.2) is 18.2 Å². The molecule has 0 aliphatic heterocycles. The molecule has 2 N–H and O–H groups in total. The monoisotopic (exact) mass is 250 g/mol. The van der Waals surface area contributed by atoms with E-state index in [0.29, 0.717) is 5.92 Å². The molecule has 2 nitrogen and oxygen atoms in total. The van der Waals surface area contributed by atoms with Crippen LogP contribution in [0, 0.1) is 5.92 Å². The van der Waals surface area contributed by atoms with Crippen molar-refractivity contribution in [2.45, 2.75) is 58.8 Å². The largest absolute Gasteiger partial charge is 0.508 e. The highest BCUT2D eigenvalue weighted by atomic mass is 16.3. The van der Waals surface area contributed by atoms with E-state index in [1.54, 1.807) is 12.1 Å². The van der Waals surface area contributed by atoms with Crippen molar-refractivity contribution >= 4 is 0 Å². The maximum absolute atomic E-state index is 9.59. The van der Waals surface area contributed by atoms with E-state index in [1.807, 2.05) is 0 Å². The lowest BCUT2D eigenvalue weighted by molar-refractivity contribution is 0.312. The zero-order valence-corrected chi connectivity index (χ0v) is 12.0. The van der Waals surface area contributed by atoms with Gasteiger partial charge in [0.25, 0.3) is 0 Å². The maximum Gasteiger partial charge on any atom is 0.119 e. The summed E-state index contributed by atoms with van der Waals surface area (Å²) in [7, 11) is 0. The fourth-order valence-electron chi connectivity index (χ4n) is 2.31. The smallest absolute Gasteiger partial charge is 0.119 e. The lowest BCUT2D eigenvalue weighted by Crippen LogP contribution is -2.26. The van der Waals surface area contributed by atoms with Crippen LogP contribution in [0.5, 0.6) is 11.5 Å². The van der Waals surface area contributed by atoms with E-state index in [4.69, 9.17) is 0 Å². The lowest BCUT2D eigenvalue weighted by atomic mass is 9.72. The van der Waals surface area contributed by atoms with Gasteiger partial charge in [0.05, 0.1) is 0 Å². The molecular formula is C16H26O2. The van der Waals surface area contributed by atoms with Crippen molar-refractivity contribution in [3.63, 3.8) is 0 Å². The predicted molar refractivity (Wildman–Crippen MR) is 76.1 cm³/mol. The Kier molecular flexibility index (Phi) is 5.06. The molecule has 1 atom stereocenters. The Labute approximate surface area is 111 Å². The van der Waals surface area contributed by atoms with Gasteiger partial charge in [0.15, 0.2) is 0 Å². The van der Waals surface area contributed by atoms with Crippen LogP contribution in [0.4, 0.5) is 0 Å². The van der Waals surface area contributed by atoms with Gasteiger partial charge in [-0.1, -0.05) is 47.0 Å². The Morgan fingerprint density at radius 3 is 2.11 bits per heavy atom. The van der Waals surface area contributed by atoms with Crippen LogP contribution in [0.3, 0.4) is 0 Å². The number of aromatic hydroxyl groups is 2. The molecule has 1 aromatic carbocycles. The summed E-state index contributed by atoms with van der Waals surface area (Å²) >= 11 is 0. The molecule has 0 fully saturated rings. The third kappa shape index (κ3) is 3.66. The molecule has 1 rings (SSSR count). The molecule has 0 aliphatic rings. The Balaban J connectivity index is 2.83. The van der Waals surface area contributed by atoms with E-state index in [0.717, 1.165) is 5.56 Å². The lowest BCUT2D eigenvalue weighted by Gasteiger charge is -2.33. The Morgan fingerprint density at radius 2 is 1.61 bits per heavy atom. The minimum absolute atomic E-state index is 0.0377. The SMILES string of the molecule is CCCCCC(C)C(C)(C)c1cc(O)cc(O)c1. The standard InChI is InChI=1S/C16H26O2/c1-5-6-7-8-12(2)16(3,4)13-9-14(17)11-15(18)10-13/h9-12,17-18H,5-8H2,1-4H3. The molecule has 0 saturated heterocycles. The minimum Gasteiger partial charge on any atom is -0.508 e. The van der Waals surface area contributed by atoms with Crippen LogP contribution in [0.1, 0.15) is 58.9 Å². The summed E-state index contributed by atoms with van der Waals surface area (Å²) in [6.45, 7) is 8.81. The first kappa shape index (κ1) is 14.9. The van der Waals surface area contributed by atoms with Gasteiger partial charge in [-0.25, -0.2) is 0 Å². The van der Waals surface area contributed by atoms with Gasteiger partial charge in [-0.15, -0.1) is 0 Å². The number of hydrogen-bond acceptors (Lipinski definition) is 2. The first-order valence-corrected chi connectivity index (χ1v) is 6.91. The minimum atomic E-state index is -0.0377. The zero-order valence-electron chi connectivity index (χ0n) is 12.0. The normalized spacial score (nSPS) is 13.6. The second-order valence-corrected chi connectivity index (χ2v) is 5.86. The summed E-state index contributed by atoms with van der Waals surface area (Å²) < 4.78 is 0. The highest BCUT2D eigenvalue weighted by Crippen LogP contribution is 2.37. The van der Waals surface area contributed by atoms with Gasteiger partial charge in [-0.2, -0.15) is 0 Å². The number of phenols is 2. The molecule has 2 heteroatoms. The van der Waals surface area contributed by atoms with Crippen molar-refractivity contribution in [2.24, 2.45) is 5.92 Å². The van der Waals surface area contributed by atoms with E-state index < -0.39 is 0 Å². The highest BCUT2D eigenvalue weighted by Gasteiger charge is 2.28. The summed E-state index contributed by atoms with van der Waals surface area (Å²) in [4.78, 5) is 0. The summed E-state index contributed by atoms with van der Waals surface area (Å²) in [6, 6.07) is 4.90. The van der Waals surface area contributed by atoms with Crippen LogP contribution in [0.25, 0.3) is 0 Å². The molecule has 0 spiro atoms. The van der Waals surface area contributed by atoms with E-state index in [9.17, 15) is 10.2 Å². The first-order valence-electron chi connectivity index (χ1n) is 6.91. The Morgan fingerprint density at radius 1 is 1.06 bits per heavy atom. The third-order valence-corrected chi connectivity index (χ3v) is 4.12. The van der Waals surface area contributed by atoms with Crippen LogP contribution >= 0.6 is 0 Å². The average molecular weight is 250 g/mol. The van der Waals surface area contributed by atoms with Crippen LogP contribution in [-0.4, -0.2) is 10.2 Å². The van der Waals surface area contributed by atoms with Gasteiger partial charge in [0, 0.05) is 6.07 Å². The van der Waals surface area contributed by atoms with Gasteiger partial charge in [0.2, 0.25) is 0 Å². The van der Waals surface area contributed by atoms with E-state index in [1.165, 1.54) is 31.7 Å². The predicted octanol–water partition coefficient (Wildman–Crippen LogP) is 4.59. The van der Waals surface area contributed by atoms with Crippen molar-refractivity contribution in [1.29, 1.82) is 0 Å². The van der Waals surface area contributed by atoms with Crippen LogP contribution < -0.4 is 0 Å². The summed E-state index contributed by atoms with van der Waals surface area (Å²) in [5, 5.41) is 19.2. The fraction of sp³-hybridized carbons (Fsp3) is 0.625. The molecule has 0 aromatic heterocycles. The van der Waals surface area contributed by atoms with E-state index in [2.05, 4.69) is 27.7 Å². The van der Waals surface area contributed by atoms with Crippen molar-refractivity contribution < 1.29 is 10.2 Å². The average Bonchev–Trinajstić information content (AvgIpc) is 2.27. The summed E-state index contributed by atoms with van der Waals surface area (Å²) in [5.41, 5.74) is 0.966. The Hall–Kier alpha value is -1.18. The van der Waals surface area contributed by atoms with Crippen molar-refractivity contribution in [2.75, 3.05) is 0 Å². The number of benzene rings is 1. The molecule has 0 saturated carbocycles. The molecule has 0 aliphatic carbocycles. The second kappa shape index (κ2) is 6.12. The molecule has 1 unspecified atom stereocenters. The highest BCUT2D eigenvalue weighted by molar-refractivity contribution is 5.40. The molecule has 102 valence electrons. The van der Waals surface area contributed by atoms with Gasteiger partial charge in [-0.05, 0) is 35.4 Å². The summed E-state index contributed by atoms with van der Waals surface area (Å²) in [5.74, 6) is 0.794. The molecule has 0 heterocycles. The molecule has 1 aromatic rings. The summed E-state index contributed by atoms with van der Waals surface area (Å²) in [6.07, 6.45) is 4.93.